The fourth-order valence-corrected chi connectivity index (χ4v) is 3.58. The highest BCUT2D eigenvalue weighted by Gasteiger charge is 2.14. The summed E-state index contributed by atoms with van der Waals surface area (Å²) < 4.78 is 27.6. The van der Waals surface area contributed by atoms with Crippen LogP contribution >= 0.6 is 0 Å². The molecule has 0 aromatic heterocycles. The van der Waals surface area contributed by atoms with Crippen LogP contribution < -0.4 is 10.0 Å². The van der Waals surface area contributed by atoms with Gasteiger partial charge in [0, 0.05) is 5.69 Å². The lowest BCUT2D eigenvalue weighted by Gasteiger charge is -2.11. The molecule has 2 aromatic carbocycles. The first-order valence-corrected chi connectivity index (χ1v) is 10.3. The van der Waals surface area contributed by atoms with Crippen molar-refractivity contribution < 1.29 is 8.42 Å². The molecule has 0 aliphatic rings. The van der Waals surface area contributed by atoms with Gasteiger partial charge < -0.3 is 5.32 Å². The zero-order valence-electron chi connectivity index (χ0n) is 15.2. The minimum atomic E-state index is -3.56. The van der Waals surface area contributed by atoms with Gasteiger partial charge in [0.2, 0.25) is 0 Å². The van der Waals surface area contributed by atoms with Crippen molar-refractivity contribution in [3.05, 3.63) is 59.7 Å². The van der Waals surface area contributed by atoms with Crippen molar-refractivity contribution in [2.75, 3.05) is 17.8 Å². The van der Waals surface area contributed by atoms with Gasteiger partial charge in [0.15, 0.2) is 0 Å². The van der Waals surface area contributed by atoms with Crippen molar-refractivity contribution in [3.8, 4) is 0 Å². The first-order valence-electron chi connectivity index (χ1n) is 8.85. The van der Waals surface area contributed by atoms with Gasteiger partial charge in [-0.1, -0.05) is 45.0 Å². The molecule has 0 radical (unpaired) electrons. The molecule has 5 heteroatoms. The maximum atomic E-state index is 12.5. The van der Waals surface area contributed by atoms with Gasteiger partial charge in [-0.2, -0.15) is 0 Å². The van der Waals surface area contributed by atoms with E-state index < -0.39 is 10.0 Å². The Labute approximate surface area is 151 Å². The maximum Gasteiger partial charge on any atom is 0.261 e. The van der Waals surface area contributed by atoms with Crippen molar-refractivity contribution in [1.29, 1.82) is 0 Å². The summed E-state index contributed by atoms with van der Waals surface area (Å²) in [6, 6.07) is 14.6. The predicted octanol–water partition coefficient (Wildman–Crippen LogP) is 4.15. The summed E-state index contributed by atoms with van der Waals surface area (Å²) in [5.74, 6) is 0.379. The Bertz CT molecular complexity index is 751. The van der Waals surface area contributed by atoms with E-state index in [-0.39, 0.29) is 4.90 Å². The summed E-state index contributed by atoms with van der Waals surface area (Å²) in [5, 5.41) is 3.36. The lowest BCUT2D eigenvalue weighted by Crippen LogP contribution is -2.17. The summed E-state index contributed by atoms with van der Waals surface area (Å²) in [5.41, 5.74) is 2.89. The number of hydrogen-bond acceptors (Lipinski definition) is 3. The average molecular weight is 361 g/mol. The molecule has 0 saturated carbocycles. The zero-order valence-corrected chi connectivity index (χ0v) is 16.1. The quantitative estimate of drug-likeness (QED) is 0.660. The molecule has 0 saturated heterocycles. The molecule has 25 heavy (non-hydrogen) atoms. The van der Waals surface area contributed by atoms with Crippen molar-refractivity contribution in [1.82, 2.24) is 5.32 Å². The normalized spacial score (nSPS) is 11.7. The van der Waals surface area contributed by atoms with Crippen LogP contribution in [-0.4, -0.2) is 21.5 Å². The monoisotopic (exact) mass is 360 g/mol. The number of hydrogen-bond donors (Lipinski definition) is 2. The van der Waals surface area contributed by atoms with Crippen LogP contribution in [0.4, 0.5) is 5.69 Å². The number of rotatable bonds is 9. The van der Waals surface area contributed by atoms with Crippen LogP contribution in [0.5, 0.6) is 0 Å². The Morgan fingerprint density at radius 2 is 1.56 bits per heavy atom. The molecule has 2 aromatic rings. The van der Waals surface area contributed by atoms with Gasteiger partial charge in [-0.25, -0.2) is 8.42 Å². The first-order chi connectivity index (χ1) is 11.9. The van der Waals surface area contributed by atoms with E-state index in [1.54, 1.807) is 12.1 Å². The minimum Gasteiger partial charge on any atom is -0.316 e. The maximum absolute atomic E-state index is 12.5. The van der Waals surface area contributed by atoms with Crippen LogP contribution in [0.15, 0.2) is 53.4 Å². The number of nitrogens with one attached hydrogen (secondary N) is 2. The molecule has 0 atom stereocenters. The lowest BCUT2D eigenvalue weighted by molar-refractivity contribution is 0.601. The Morgan fingerprint density at radius 1 is 0.920 bits per heavy atom. The second kappa shape index (κ2) is 9.02. The van der Waals surface area contributed by atoms with Gasteiger partial charge in [-0.05, 0) is 67.2 Å². The molecule has 0 fully saturated rings. The van der Waals surface area contributed by atoms with Crippen LogP contribution in [0.2, 0.25) is 0 Å². The van der Waals surface area contributed by atoms with Crippen molar-refractivity contribution in [2.45, 2.75) is 44.4 Å². The molecule has 0 bridgehead atoms. The molecule has 2 rings (SSSR count). The summed E-state index contributed by atoms with van der Waals surface area (Å²) in [6.07, 6.45) is 2.06. The highest BCUT2D eigenvalue weighted by atomic mass is 32.2. The molecule has 0 unspecified atom stereocenters. The topological polar surface area (TPSA) is 58.2 Å². The molecule has 2 N–H and O–H groups in total. The van der Waals surface area contributed by atoms with E-state index in [4.69, 9.17) is 0 Å². The molecular formula is C20H28N2O2S. The Kier molecular flexibility index (Phi) is 7.02. The van der Waals surface area contributed by atoms with Gasteiger partial charge >= 0.3 is 0 Å². The van der Waals surface area contributed by atoms with Gasteiger partial charge in [0.25, 0.3) is 10.0 Å². The summed E-state index contributed by atoms with van der Waals surface area (Å²) in [7, 11) is -3.56. The largest absolute Gasteiger partial charge is 0.316 e. The second-order valence-electron chi connectivity index (χ2n) is 6.53. The van der Waals surface area contributed by atoms with Crippen molar-refractivity contribution in [3.63, 3.8) is 0 Å². The molecule has 0 amide bonds. The van der Waals surface area contributed by atoms with E-state index >= 15 is 0 Å². The lowest BCUT2D eigenvalue weighted by atomic mass is 10.0. The highest BCUT2D eigenvalue weighted by molar-refractivity contribution is 7.92. The molecule has 4 nitrogen and oxygen atoms in total. The van der Waals surface area contributed by atoms with Gasteiger partial charge in [0.05, 0.1) is 4.90 Å². The average Bonchev–Trinajstić information content (AvgIpc) is 2.60. The summed E-state index contributed by atoms with van der Waals surface area (Å²) in [6.45, 7) is 8.26. The van der Waals surface area contributed by atoms with Gasteiger partial charge in [0.1, 0.15) is 0 Å². The molecule has 136 valence electrons. The minimum absolute atomic E-state index is 0.282. The van der Waals surface area contributed by atoms with Gasteiger partial charge in [-0.3, -0.25) is 4.72 Å². The number of benzene rings is 2. The van der Waals surface area contributed by atoms with Crippen molar-refractivity contribution in [2.24, 2.45) is 0 Å². The van der Waals surface area contributed by atoms with E-state index in [2.05, 4.69) is 30.8 Å². The predicted molar refractivity (Wildman–Crippen MR) is 105 cm³/mol. The molecule has 0 heterocycles. The third-order valence-electron chi connectivity index (χ3n) is 4.08. The molecule has 0 spiro atoms. The first kappa shape index (κ1) is 19.5. The van der Waals surface area contributed by atoms with Crippen LogP contribution in [0, 0.1) is 0 Å². The van der Waals surface area contributed by atoms with Gasteiger partial charge in [-0.15, -0.1) is 0 Å². The number of anilines is 1. The third-order valence-corrected chi connectivity index (χ3v) is 5.48. The highest BCUT2D eigenvalue weighted by Crippen LogP contribution is 2.20. The zero-order chi connectivity index (χ0) is 18.3. The standard InChI is InChI=1S/C20H28N2O2S/c1-4-14-21-15-13-17-5-9-19(10-6-17)22-25(23,24)20-11-7-18(8-12-20)16(2)3/h5-12,16,21-22H,4,13-15H2,1-3H3. The van der Waals surface area contributed by atoms with E-state index in [1.807, 2.05) is 36.4 Å². The fraction of sp³-hybridized carbons (Fsp3) is 0.400. The Morgan fingerprint density at radius 3 is 2.12 bits per heavy atom. The Hall–Kier alpha value is -1.85. The third kappa shape index (κ3) is 5.87. The second-order valence-corrected chi connectivity index (χ2v) is 8.21. The van der Waals surface area contributed by atoms with E-state index in [9.17, 15) is 8.42 Å². The Balaban J connectivity index is 2.00. The van der Waals surface area contributed by atoms with E-state index in [1.165, 1.54) is 5.56 Å². The van der Waals surface area contributed by atoms with E-state index in [0.717, 1.165) is 31.5 Å². The SMILES string of the molecule is CCCNCCc1ccc(NS(=O)(=O)c2ccc(C(C)C)cc2)cc1. The van der Waals surface area contributed by atoms with Crippen molar-refractivity contribution >= 4 is 15.7 Å². The smallest absolute Gasteiger partial charge is 0.261 e. The van der Waals surface area contributed by atoms with Crippen LogP contribution in [-0.2, 0) is 16.4 Å². The summed E-state index contributed by atoms with van der Waals surface area (Å²) in [4.78, 5) is 0.282. The number of sulfonamides is 1. The van der Waals surface area contributed by atoms with Crippen LogP contribution in [0.25, 0.3) is 0 Å². The summed E-state index contributed by atoms with van der Waals surface area (Å²) >= 11 is 0. The molecule has 0 aliphatic carbocycles. The van der Waals surface area contributed by atoms with Crippen LogP contribution in [0.1, 0.15) is 44.2 Å². The fourth-order valence-electron chi connectivity index (χ4n) is 2.52. The molecular weight excluding hydrogens is 332 g/mol. The molecule has 0 aliphatic heterocycles. The van der Waals surface area contributed by atoms with E-state index in [0.29, 0.717) is 11.6 Å². The van der Waals surface area contributed by atoms with Crippen LogP contribution in [0.3, 0.4) is 0 Å².